The van der Waals surface area contributed by atoms with E-state index in [0.717, 1.165) is 81.4 Å². The van der Waals surface area contributed by atoms with Gasteiger partial charge < -0.3 is 23.7 Å². The zero-order valence-corrected chi connectivity index (χ0v) is 32.4. The van der Waals surface area contributed by atoms with Crippen molar-refractivity contribution in [3.8, 4) is 28.7 Å². The number of benzene rings is 4. The first-order valence-corrected chi connectivity index (χ1v) is 20.0. The van der Waals surface area contributed by atoms with E-state index in [0.29, 0.717) is 13.2 Å². The predicted molar refractivity (Wildman–Crippen MR) is 213 cm³/mol. The van der Waals surface area contributed by atoms with Crippen LogP contribution in [0.2, 0.25) is 0 Å². The van der Waals surface area contributed by atoms with Crippen molar-refractivity contribution in [2.24, 2.45) is 0 Å². The van der Waals surface area contributed by atoms with Crippen LogP contribution in [0.4, 0.5) is 0 Å². The molecule has 0 amide bonds. The maximum atomic E-state index is 6.44. The Bertz CT molecular complexity index is 1540. The SMILES string of the molecule is CCCCCCCCOc1cc2c3cc(OC)c(CCCCCCCC)cc3c3cc(OC)c(OCCCCCCCC)cc3c2cc1OC. The Kier molecular flexibility index (Phi) is 17.2. The van der Waals surface area contributed by atoms with Gasteiger partial charge in [0.15, 0.2) is 23.0 Å². The molecule has 0 fully saturated rings. The number of hydrogen-bond donors (Lipinski definition) is 0. The fourth-order valence-electron chi connectivity index (χ4n) is 7.24. The molecule has 0 aliphatic carbocycles. The minimum Gasteiger partial charge on any atom is -0.496 e. The molecule has 0 N–H and O–H groups in total. The minimum absolute atomic E-state index is 0.679. The van der Waals surface area contributed by atoms with Crippen LogP contribution in [-0.4, -0.2) is 34.5 Å². The van der Waals surface area contributed by atoms with Crippen LogP contribution in [0, 0.1) is 0 Å². The van der Waals surface area contributed by atoms with Crippen LogP contribution in [-0.2, 0) is 6.42 Å². The number of unbranched alkanes of at least 4 members (excludes halogenated alkanes) is 15. The van der Waals surface area contributed by atoms with Gasteiger partial charge in [0.05, 0.1) is 34.5 Å². The van der Waals surface area contributed by atoms with E-state index in [1.165, 1.54) is 107 Å². The Morgan fingerprint density at radius 2 is 0.660 bits per heavy atom. The molecule has 0 heterocycles. The average Bonchev–Trinajstić information content (AvgIpc) is 3.14. The molecular formula is C45H66O5. The van der Waals surface area contributed by atoms with Crippen molar-refractivity contribution in [1.82, 2.24) is 0 Å². The van der Waals surface area contributed by atoms with E-state index in [9.17, 15) is 0 Å². The molecule has 4 rings (SSSR count). The zero-order chi connectivity index (χ0) is 35.6. The molecule has 276 valence electrons. The highest BCUT2D eigenvalue weighted by atomic mass is 16.5. The van der Waals surface area contributed by atoms with Gasteiger partial charge in [-0.2, -0.15) is 0 Å². The Morgan fingerprint density at radius 3 is 1.06 bits per heavy atom. The third-order valence-corrected chi connectivity index (χ3v) is 10.2. The molecule has 0 aliphatic rings. The lowest BCUT2D eigenvalue weighted by molar-refractivity contribution is 0.285. The number of ether oxygens (including phenoxy) is 5. The van der Waals surface area contributed by atoms with Gasteiger partial charge in [0.25, 0.3) is 0 Å². The summed E-state index contributed by atoms with van der Waals surface area (Å²) in [5.74, 6) is 4.04. The first-order valence-electron chi connectivity index (χ1n) is 20.0. The van der Waals surface area contributed by atoms with Gasteiger partial charge in [-0.25, -0.2) is 0 Å². The fourth-order valence-corrected chi connectivity index (χ4v) is 7.24. The van der Waals surface area contributed by atoms with Gasteiger partial charge in [0.1, 0.15) is 5.75 Å². The summed E-state index contributed by atoms with van der Waals surface area (Å²) >= 11 is 0. The maximum absolute atomic E-state index is 6.44. The van der Waals surface area contributed by atoms with Crippen molar-refractivity contribution >= 4 is 32.3 Å². The van der Waals surface area contributed by atoms with Crippen LogP contribution in [0.3, 0.4) is 0 Å². The number of fused-ring (bicyclic) bond motifs is 6. The number of methoxy groups -OCH3 is 3. The topological polar surface area (TPSA) is 46.2 Å². The molecule has 0 atom stereocenters. The van der Waals surface area contributed by atoms with E-state index in [4.69, 9.17) is 23.7 Å². The summed E-state index contributed by atoms with van der Waals surface area (Å²) in [4.78, 5) is 0. The van der Waals surface area contributed by atoms with Crippen LogP contribution in [0.1, 0.15) is 142 Å². The van der Waals surface area contributed by atoms with Gasteiger partial charge in [-0.1, -0.05) is 117 Å². The minimum atomic E-state index is 0.679. The molecule has 4 aromatic rings. The predicted octanol–water partition coefficient (Wildman–Crippen LogP) is 13.6. The van der Waals surface area contributed by atoms with Crippen molar-refractivity contribution in [2.75, 3.05) is 34.5 Å². The largest absolute Gasteiger partial charge is 0.496 e. The normalized spacial score (nSPS) is 11.5. The van der Waals surface area contributed by atoms with Crippen molar-refractivity contribution < 1.29 is 23.7 Å². The van der Waals surface area contributed by atoms with Crippen LogP contribution in [0.5, 0.6) is 28.7 Å². The summed E-state index contributed by atoms with van der Waals surface area (Å²) in [5, 5.41) is 6.85. The van der Waals surface area contributed by atoms with Gasteiger partial charge in [-0.05, 0) is 100.0 Å². The van der Waals surface area contributed by atoms with E-state index >= 15 is 0 Å². The molecule has 4 aromatic carbocycles. The monoisotopic (exact) mass is 686 g/mol. The van der Waals surface area contributed by atoms with Crippen molar-refractivity contribution in [1.29, 1.82) is 0 Å². The Hall–Kier alpha value is -3.34. The molecule has 0 aromatic heterocycles. The van der Waals surface area contributed by atoms with Crippen molar-refractivity contribution in [3.63, 3.8) is 0 Å². The zero-order valence-electron chi connectivity index (χ0n) is 32.4. The lowest BCUT2D eigenvalue weighted by Crippen LogP contribution is -2.01. The Labute approximate surface area is 303 Å². The van der Waals surface area contributed by atoms with Crippen LogP contribution >= 0.6 is 0 Å². The molecule has 0 saturated carbocycles. The van der Waals surface area contributed by atoms with Crippen LogP contribution < -0.4 is 23.7 Å². The van der Waals surface area contributed by atoms with Crippen LogP contribution in [0.25, 0.3) is 32.3 Å². The molecule has 0 saturated heterocycles. The highest BCUT2D eigenvalue weighted by Gasteiger charge is 2.19. The summed E-state index contributed by atoms with van der Waals surface area (Å²) in [6, 6.07) is 13.3. The summed E-state index contributed by atoms with van der Waals surface area (Å²) in [6.45, 7) is 8.15. The third kappa shape index (κ3) is 10.8. The van der Waals surface area contributed by atoms with E-state index in [1.807, 2.05) is 0 Å². The summed E-state index contributed by atoms with van der Waals surface area (Å²) in [6.07, 6.45) is 23.3. The summed E-state index contributed by atoms with van der Waals surface area (Å²) in [7, 11) is 5.27. The fraction of sp³-hybridized carbons (Fsp3) is 0.600. The summed E-state index contributed by atoms with van der Waals surface area (Å²) in [5.41, 5.74) is 1.26. The van der Waals surface area contributed by atoms with Gasteiger partial charge in [-0.3, -0.25) is 0 Å². The van der Waals surface area contributed by atoms with E-state index in [1.54, 1.807) is 21.3 Å². The first kappa shape index (κ1) is 39.4. The Morgan fingerprint density at radius 1 is 0.340 bits per heavy atom. The number of aryl methyl sites for hydroxylation is 1. The lowest BCUT2D eigenvalue weighted by Gasteiger charge is -2.19. The number of rotatable bonds is 26. The second-order valence-corrected chi connectivity index (χ2v) is 14.1. The lowest BCUT2D eigenvalue weighted by atomic mass is 9.91. The molecule has 0 aliphatic heterocycles. The molecule has 5 nitrogen and oxygen atoms in total. The first-order chi connectivity index (χ1) is 24.6. The third-order valence-electron chi connectivity index (χ3n) is 10.2. The molecule has 0 bridgehead atoms. The van der Waals surface area contributed by atoms with Gasteiger partial charge >= 0.3 is 0 Å². The van der Waals surface area contributed by atoms with Gasteiger partial charge in [-0.15, -0.1) is 0 Å². The Balaban J connectivity index is 1.76. The average molecular weight is 687 g/mol. The standard InChI is InChI=1S/C45H66O5/c1-7-10-13-16-19-22-25-34-28-35-36(29-41(34)46-4)39-32-44(49-26-23-20-17-14-11-8-2)43(48-6)31-38(39)40-33-45(42(47-5)30-37(35)40)50-27-24-21-18-15-12-9-3/h28-33H,7-27H2,1-6H3. The maximum Gasteiger partial charge on any atom is 0.161 e. The van der Waals surface area contributed by atoms with E-state index < -0.39 is 0 Å². The molecule has 50 heavy (non-hydrogen) atoms. The number of hydrogen-bond acceptors (Lipinski definition) is 5. The van der Waals surface area contributed by atoms with Crippen molar-refractivity contribution in [2.45, 2.75) is 143 Å². The highest BCUT2D eigenvalue weighted by Crippen LogP contribution is 2.46. The molecular weight excluding hydrogens is 620 g/mol. The molecule has 0 radical (unpaired) electrons. The second-order valence-electron chi connectivity index (χ2n) is 14.1. The summed E-state index contributed by atoms with van der Waals surface area (Å²) < 4.78 is 30.9. The van der Waals surface area contributed by atoms with Crippen molar-refractivity contribution in [3.05, 3.63) is 42.0 Å². The molecule has 5 heteroatoms. The quantitative estimate of drug-likeness (QED) is 0.0486. The molecule has 0 unspecified atom stereocenters. The van der Waals surface area contributed by atoms with Gasteiger partial charge in [0, 0.05) is 0 Å². The van der Waals surface area contributed by atoms with Crippen LogP contribution in [0.15, 0.2) is 36.4 Å². The highest BCUT2D eigenvalue weighted by molar-refractivity contribution is 6.26. The van der Waals surface area contributed by atoms with E-state index in [-0.39, 0.29) is 0 Å². The smallest absolute Gasteiger partial charge is 0.161 e. The molecule has 0 spiro atoms. The van der Waals surface area contributed by atoms with Gasteiger partial charge in [0.2, 0.25) is 0 Å². The van der Waals surface area contributed by atoms with E-state index in [2.05, 4.69) is 57.2 Å². The second kappa shape index (κ2) is 21.8.